The summed E-state index contributed by atoms with van der Waals surface area (Å²) < 4.78 is 5.13. The standard InChI is InChI=1S/C56H35NS/c1-3-12-38-30-41(22-20-36(38)10-1)43-24-27-53-49(33-43)50-34-44(42-23-21-37-11-2-4-13-39(37)31-42)25-28-54(50)57(53)52-18-7-5-16-47(52)46-15-9-14-40(32-46)45-26-29-56-51(35-45)48-17-6-8-19-55(48)58-56/h1-35H. The summed E-state index contributed by atoms with van der Waals surface area (Å²) in [6.45, 7) is 0. The van der Waals surface area contributed by atoms with Crippen LogP contribution >= 0.6 is 11.3 Å². The topological polar surface area (TPSA) is 4.93 Å². The molecule has 12 rings (SSSR count). The molecule has 270 valence electrons. The van der Waals surface area contributed by atoms with E-state index in [0.29, 0.717) is 0 Å². The van der Waals surface area contributed by atoms with E-state index in [2.05, 4.69) is 217 Å². The number of aromatic nitrogens is 1. The Morgan fingerprint density at radius 1 is 0.276 bits per heavy atom. The van der Waals surface area contributed by atoms with Gasteiger partial charge < -0.3 is 4.57 Å². The number of nitrogens with zero attached hydrogens (tertiary/aromatic N) is 1. The third-order valence-electron chi connectivity index (χ3n) is 12.0. The maximum absolute atomic E-state index is 2.48. The zero-order chi connectivity index (χ0) is 38.2. The first-order chi connectivity index (χ1) is 28.7. The molecular weight excluding hydrogens is 719 g/mol. The third-order valence-corrected chi connectivity index (χ3v) is 13.1. The largest absolute Gasteiger partial charge is 0.309 e. The van der Waals surface area contributed by atoms with Crippen LogP contribution < -0.4 is 0 Å². The lowest BCUT2D eigenvalue weighted by Crippen LogP contribution is -1.97. The van der Waals surface area contributed by atoms with Gasteiger partial charge in [-0.3, -0.25) is 0 Å². The molecular formula is C56H35NS. The summed E-state index contributed by atoms with van der Waals surface area (Å²) in [7, 11) is 0. The van der Waals surface area contributed by atoms with Crippen LogP contribution in [0.15, 0.2) is 212 Å². The molecule has 0 bridgehead atoms. The van der Waals surface area contributed by atoms with Gasteiger partial charge in [0.1, 0.15) is 0 Å². The van der Waals surface area contributed by atoms with Crippen molar-refractivity contribution in [3.05, 3.63) is 212 Å². The van der Waals surface area contributed by atoms with Gasteiger partial charge >= 0.3 is 0 Å². The van der Waals surface area contributed by atoms with Crippen molar-refractivity contribution in [2.45, 2.75) is 0 Å². The molecule has 2 heteroatoms. The van der Waals surface area contributed by atoms with Crippen molar-refractivity contribution in [1.29, 1.82) is 0 Å². The van der Waals surface area contributed by atoms with Crippen LogP contribution in [-0.4, -0.2) is 4.57 Å². The van der Waals surface area contributed by atoms with E-state index in [9.17, 15) is 0 Å². The Morgan fingerprint density at radius 3 is 1.45 bits per heavy atom. The summed E-state index contributed by atoms with van der Waals surface area (Å²) in [6, 6.07) is 78.5. The van der Waals surface area contributed by atoms with Gasteiger partial charge in [0.05, 0.1) is 16.7 Å². The maximum atomic E-state index is 2.48. The van der Waals surface area contributed by atoms with E-state index in [1.54, 1.807) is 0 Å². The highest BCUT2D eigenvalue weighted by molar-refractivity contribution is 7.25. The number of benzene rings is 10. The molecule has 12 aromatic rings. The van der Waals surface area contributed by atoms with E-state index < -0.39 is 0 Å². The molecule has 0 atom stereocenters. The summed E-state index contributed by atoms with van der Waals surface area (Å²) >= 11 is 1.86. The van der Waals surface area contributed by atoms with E-state index in [-0.39, 0.29) is 0 Å². The normalized spacial score (nSPS) is 11.8. The first-order valence-electron chi connectivity index (χ1n) is 19.9. The molecule has 0 N–H and O–H groups in total. The Balaban J connectivity index is 1.04. The fourth-order valence-corrected chi connectivity index (χ4v) is 10.2. The molecule has 0 aliphatic rings. The number of hydrogen-bond donors (Lipinski definition) is 0. The first kappa shape index (κ1) is 32.9. The van der Waals surface area contributed by atoms with E-state index >= 15 is 0 Å². The molecule has 0 radical (unpaired) electrons. The van der Waals surface area contributed by atoms with Crippen molar-refractivity contribution in [3.8, 4) is 50.2 Å². The SMILES string of the molecule is c1cc(-c2ccc3sc4ccccc4c3c2)cc(-c2ccccc2-n2c3ccc(-c4ccc5ccccc5c4)cc3c3cc(-c4ccc5ccccc5c4)ccc32)c1. The Kier molecular flexibility index (Phi) is 7.47. The minimum Gasteiger partial charge on any atom is -0.309 e. The number of para-hydroxylation sites is 1. The second-order valence-corrected chi connectivity index (χ2v) is 16.4. The van der Waals surface area contributed by atoms with Gasteiger partial charge in [-0.25, -0.2) is 0 Å². The van der Waals surface area contributed by atoms with Crippen molar-refractivity contribution >= 4 is 74.9 Å². The van der Waals surface area contributed by atoms with Gasteiger partial charge in [-0.15, -0.1) is 11.3 Å². The highest BCUT2D eigenvalue weighted by Crippen LogP contribution is 2.42. The smallest absolute Gasteiger partial charge is 0.0541 e. The quantitative estimate of drug-likeness (QED) is 0.165. The van der Waals surface area contributed by atoms with Gasteiger partial charge in [0, 0.05) is 36.5 Å². The Labute approximate surface area is 340 Å². The van der Waals surface area contributed by atoms with Crippen LogP contribution in [0.25, 0.3) is 114 Å². The third kappa shape index (κ3) is 5.38. The number of fused-ring (bicyclic) bond motifs is 8. The lowest BCUT2D eigenvalue weighted by Gasteiger charge is -2.15. The molecule has 0 saturated carbocycles. The predicted octanol–water partition coefficient (Wildman–Crippen LogP) is 16.1. The Bertz CT molecular complexity index is 3450. The molecule has 0 saturated heterocycles. The van der Waals surface area contributed by atoms with Gasteiger partial charge in [-0.1, -0.05) is 146 Å². The molecule has 0 spiro atoms. The van der Waals surface area contributed by atoms with Crippen molar-refractivity contribution < 1.29 is 0 Å². The minimum atomic E-state index is 1.16. The van der Waals surface area contributed by atoms with Crippen LogP contribution in [0.3, 0.4) is 0 Å². The maximum Gasteiger partial charge on any atom is 0.0541 e. The molecule has 0 unspecified atom stereocenters. The predicted molar refractivity (Wildman–Crippen MR) is 250 cm³/mol. The van der Waals surface area contributed by atoms with Crippen LogP contribution in [0, 0.1) is 0 Å². The van der Waals surface area contributed by atoms with Crippen LogP contribution in [0.5, 0.6) is 0 Å². The highest BCUT2D eigenvalue weighted by atomic mass is 32.1. The molecule has 0 aliphatic carbocycles. The van der Waals surface area contributed by atoms with Crippen molar-refractivity contribution in [1.82, 2.24) is 4.57 Å². The summed E-state index contributed by atoms with van der Waals surface area (Å²) in [5.41, 5.74) is 13.2. The number of hydrogen-bond acceptors (Lipinski definition) is 1. The molecule has 58 heavy (non-hydrogen) atoms. The van der Waals surface area contributed by atoms with E-state index in [4.69, 9.17) is 0 Å². The van der Waals surface area contributed by atoms with Gasteiger partial charge in [0.25, 0.3) is 0 Å². The van der Waals surface area contributed by atoms with Crippen LogP contribution in [-0.2, 0) is 0 Å². The zero-order valence-corrected chi connectivity index (χ0v) is 32.4. The van der Waals surface area contributed by atoms with Crippen molar-refractivity contribution in [2.75, 3.05) is 0 Å². The fourth-order valence-electron chi connectivity index (χ4n) is 9.06. The summed E-state index contributed by atoms with van der Waals surface area (Å²) in [5.74, 6) is 0. The van der Waals surface area contributed by atoms with Crippen molar-refractivity contribution in [2.24, 2.45) is 0 Å². The number of rotatable bonds is 5. The van der Waals surface area contributed by atoms with Gasteiger partial charge in [-0.2, -0.15) is 0 Å². The molecule has 2 heterocycles. The zero-order valence-electron chi connectivity index (χ0n) is 31.6. The van der Waals surface area contributed by atoms with Crippen LogP contribution in [0.2, 0.25) is 0 Å². The minimum absolute atomic E-state index is 1.16. The Hall–Kier alpha value is -7.26. The average molecular weight is 754 g/mol. The molecule has 0 fully saturated rings. The van der Waals surface area contributed by atoms with E-state index in [1.807, 2.05) is 11.3 Å². The fraction of sp³-hybridized carbons (Fsp3) is 0. The van der Waals surface area contributed by atoms with Crippen LogP contribution in [0.1, 0.15) is 0 Å². The lowest BCUT2D eigenvalue weighted by atomic mass is 9.97. The second kappa shape index (κ2) is 13.2. The summed E-state index contributed by atoms with van der Waals surface area (Å²) in [4.78, 5) is 0. The molecule has 0 amide bonds. The summed E-state index contributed by atoms with van der Waals surface area (Å²) in [6.07, 6.45) is 0. The van der Waals surface area contributed by atoms with Gasteiger partial charge in [-0.05, 0) is 127 Å². The molecule has 10 aromatic carbocycles. The molecule has 2 aromatic heterocycles. The average Bonchev–Trinajstić information content (AvgIpc) is 3.83. The lowest BCUT2D eigenvalue weighted by molar-refractivity contribution is 1.18. The van der Waals surface area contributed by atoms with Gasteiger partial charge in [0.15, 0.2) is 0 Å². The van der Waals surface area contributed by atoms with E-state index in [0.717, 1.165) is 5.69 Å². The molecule has 1 nitrogen and oxygen atoms in total. The number of thiophene rings is 1. The first-order valence-corrected chi connectivity index (χ1v) is 20.7. The van der Waals surface area contributed by atoms with E-state index in [1.165, 1.54) is 108 Å². The summed E-state index contributed by atoms with van der Waals surface area (Å²) in [5, 5.41) is 10.1. The van der Waals surface area contributed by atoms with Crippen LogP contribution in [0.4, 0.5) is 0 Å². The Morgan fingerprint density at radius 2 is 0.759 bits per heavy atom. The van der Waals surface area contributed by atoms with Gasteiger partial charge in [0.2, 0.25) is 0 Å². The monoisotopic (exact) mass is 753 g/mol. The highest BCUT2D eigenvalue weighted by Gasteiger charge is 2.18. The second-order valence-electron chi connectivity index (χ2n) is 15.3. The van der Waals surface area contributed by atoms with Crippen molar-refractivity contribution in [3.63, 3.8) is 0 Å². The molecule has 0 aliphatic heterocycles.